The first-order valence-electron chi connectivity index (χ1n) is 9.79. The number of halogens is 1. The summed E-state index contributed by atoms with van der Waals surface area (Å²) in [5.74, 6) is 0.811. The van der Waals surface area contributed by atoms with E-state index in [0.717, 1.165) is 45.4 Å². The lowest BCUT2D eigenvalue weighted by atomic mass is 9.90. The number of hydrogen-bond donors (Lipinski definition) is 0. The Labute approximate surface area is 153 Å². The van der Waals surface area contributed by atoms with Crippen molar-refractivity contribution in [3.8, 4) is 0 Å². The van der Waals surface area contributed by atoms with Crippen LogP contribution >= 0.6 is 0 Å². The van der Waals surface area contributed by atoms with Gasteiger partial charge >= 0.3 is 0 Å². The number of alkyl halides is 1. The zero-order valence-corrected chi connectivity index (χ0v) is 17.0. The zero-order valence-electron chi connectivity index (χ0n) is 17.0. The molecule has 2 saturated heterocycles. The lowest BCUT2D eigenvalue weighted by Crippen LogP contribution is -2.50. The zero-order chi connectivity index (χ0) is 18.8. The normalized spacial score (nSPS) is 27.6. The molecule has 2 heterocycles. The predicted molar refractivity (Wildman–Crippen MR) is 99.3 cm³/mol. The van der Waals surface area contributed by atoms with Crippen molar-refractivity contribution in [2.45, 2.75) is 78.7 Å². The van der Waals surface area contributed by atoms with Gasteiger partial charge < -0.3 is 9.64 Å². The molecule has 25 heavy (non-hydrogen) atoms. The summed E-state index contributed by atoms with van der Waals surface area (Å²) >= 11 is 0. The Kier molecular flexibility index (Phi) is 6.53. The van der Waals surface area contributed by atoms with Crippen LogP contribution in [0.2, 0.25) is 0 Å². The second-order valence-corrected chi connectivity index (χ2v) is 9.82. The van der Waals surface area contributed by atoms with Gasteiger partial charge in [-0.05, 0) is 46.0 Å². The Morgan fingerprint density at radius 3 is 2.12 bits per heavy atom. The number of carbonyl (C=O) groups excluding carboxylic acids is 1. The molecule has 2 aliphatic heterocycles. The highest BCUT2D eigenvalue weighted by molar-refractivity contribution is 5.81. The van der Waals surface area contributed by atoms with Crippen molar-refractivity contribution >= 4 is 5.91 Å². The van der Waals surface area contributed by atoms with Crippen LogP contribution in [0.25, 0.3) is 0 Å². The van der Waals surface area contributed by atoms with Gasteiger partial charge in [0, 0.05) is 38.1 Å². The summed E-state index contributed by atoms with van der Waals surface area (Å²) in [5.41, 5.74) is -0.590. The Hall–Kier alpha value is -0.680. The van der Waals surface area contributed by atoms with Crippen LogP contribution in [0.4, 0.5) is 4.39 Å². The molecule has 0 radical (unpaired) electrons. The van der Waals surface area contributed by atoms with Crippen LogP contribution in [0.3, 0.4) is 0 Å². The average molecular weight is 357 g/mol. The van der Waals surface area contributed by atoms with E-state index in [1.54, 1.807) is 0 Å². The fourth-order valence-electron chi connectivity index (χ4n) is 3.86. The van der Waals surface area contributed by atoms with E-state index < -0.39 is 6.17 Å². The third kappa shape index (κ3) is 6.21. The van der Waals surface area contributed by atoms with Crippen molar-refractivity contribution in [3.05, 3.63) is 0 Å². The van der Waals surface area contributed by atoms with Gasteiger partial charge in [0.05, 0.1) is 11.7 Å². The summed E-state index contributed by atoms with van der Waals surface area (Å²) in [6, 6.07) is 0. The largest absolute Gasteiger partial charge is 0.370 e. The monoisotopic (exact) mass is 356 g/mol. The quantitative estimate of drug-likeness (QED) is 0.776. The lowest BCUT2D eigenvalue weighted by molar-refractivity contribution is -0.141. The molecule has 4 nitrogen and oxygen atoms in total. The van der Waals surface area contributed by atoms with Crippen molar-refractivity contribution in [1.82, 2.24) is 9.80 Å². The Morgan fingerprint density at radius 2 is 1.64 bits per heavy atom. The van der Waals surface area contributed by atoms with Crippen molar-refractivity contribution in [2.24, 2.45) is 11.3 Å². The van der Waals surface area contributed by atoms with E-state index in [2.05, 4.69) is 4.90 Å². The predicted octanol–water partition coefficient (Wildman–Crippen LogP) is 3.50. The highest BCUT2D eigenvalue weighted by Crippen LogP contribution is 2.27. The van der Waals surface area contributed by atoms with E-state index >= 15 is 0 Å². The lowest BCUT2D eigenvalue weighted by Gasteiger charge is -2.41. The van der Waals surface area contributed by atoms with Crippen molar-refractivity contribution in [2.75, 3.05) is 32.7 Å². The number of nitrogens with zero attached hydrogens (tertiary/aromatic N) is 2. The molecule has 0 aromatic heterocycles. The van der Waals surface area contributed by atoms with Crippen LogP contribution in [0.1, 0.15) is 60.8 Å². The highest BCUT2D eigenvalue weighted by Gasteiger charge is 2.35. The number of ether oxygens (including phenoxy) is 1. The smallest absolute Gasteiger partial charge is 0.227 e. The molecule has 5 heteroatoms. The highest BCUT2D eigenvalue weighted by atomic mass is 19.1. The molecule has 2 fully saturated rings. The number of piperidine rings is 2. The topological polar surface area (TPSA) is 32.8 Å². The second kappa shape index (κ2) is 7.91. The van der Waals surface area contributed by atoms with E-state index in [1.807, 2.05) is 46.4 Å². The van der Waals surface area contributed by atoms with Gasteiger partial charge in [-0.15, -0.1) is 0 Å². The summed E-state index contributed by atoms with van der Waals surface area (Å²) in [4.78, 5) is 16.6. The van der Waals surface area contributed by atoms with Gasteiger partial charge in [-0.25, -0.2) is 4.39 Å². The third-order valence-electron chi connectivity index (χ3n) is 5.13. The summed E-state index contributed by atoms with van der Waals surface area (Å²) in [5, 5.41) is 0. The molecule has 2 unspecified atom stereocenters. The van der Waals surface area contributed by atoms with Crippen LogP contribution < -0.4 is 0 Å². The number of hydrogen-bond acceptors (Lipinski definition) is 3. The SMILES string of the molecule is CC(C)(C)OC1CCN(CC2CCN(C(=O)C(C)(C)C)CC2)CC1F. The maximum absolute atomic E-state index is 14.5. The molecule has 0 bridgehead atoms. The van der Waals surface area contributed by atoms with E-state index in [4.69, 9.17) is 4.74 Å². The molecule has 0 aliphatic carbocycles. The van der Waals surface area contributed by atoms with E-state index in [1.165, 1.54) is 0 Å². The van der Waals surface area contributed by atoms with Gasteiger partial charge in [-0.3, -0.25) is 9.69 Å². The van der Waals surface area contributed by atoms with Crippen LogP contribution in [0.15, 0.2) is 0 Å². The van der Waals surface area contributed by atoms with Gasteiger partial charge in [0.2, 0.25) is 5.91 Å². The minimum atomic E-state index is -0.907. The molecule has 2 aliphatic rings. The molecular formula is C20H37FN2O2. The van der Waals surface area contributed by atoms with Crippen molar-refractivity contribution < 1.29 is 13.9 Å². The summed E-state index contributed by atoms with van der Waals surface area (Å²) in [6.07, 6.45) is 1.63. The molecular weight excluding hydrogens is 319 g/mol. The maximum Gasteiger partial charge on any atom is 0.227 e. The number of likely N-dealkylation sites (tertiary alicyclic amines) is 2. The maximum atomic E-state index is 14.5. The van der Waals surface area contributed by atoms with E-state index in [-0.39, 0.29) is 23.0 Å². The molecule has 2 atom stereocenters. The second-order valence-electron chi connectivity index (χ2n) is 9.82. The average Bonchev–Trinajstić information content (AvgIpc) is 2.48. The molecule has 0 N–H and O–H groups in total. The minimum Gasteiger partial charge on any atom is -0.370 e. The van der Waals surface area contributed by atoms with Gasteiger partial charge in [-0.1, -0.05) is 20.8 Å². The molecule has 0 aromatic rings. The molecule has 146 valence electrons. The Bertz CT molecular complexity index is 448. The summed E-state index contributed by atoms with van der Waals surface area (Å²) in [6.45, 7) is 15.9. The van der Waals surface area contributed by atoms with Gasteiger partial charge in [0.1, 0.15) is 6.17 Å². The molecule has 0 spiro atoms. The molecule has 0 aromatic carbocycles. The number of amides is 1. The van der Waals surface area contributed by atoms with Crippen LogP contribution in [-0.2, 0) is 9.53 Å². The van der Waals surface area contributed by atoms with Gasteiger partial charge in [0.15, 0.2) is 0 Å². The fourth-order valence-corrected chi connectivity index (χ4v) is 3.86. The number of rotatable bonds is 3. The van der Waals surface area contributed by atoms with E-state index in [9.17, 15) is 9.18 Å². The first-order valence-corrected chi connectivity index (χ1v) is 9.79. The molecule has 1 amide bonds. The minimum absolute atomic E-state index is 0.245. The van der Waals surface area contributed by atoms with Crippen molar-refractivity contribution in [1.29, 1.82) is 0 Å². The first-order chi connectivity index (χ1) is 11.5. The van der Waals surface area contributed by atoms with Gasteiger partial charge in [0.25, 0.3) is 0 Å². The van der Waals surface area contributed by atoms with E-state index in [0.29, 0.717) is 12.5 Å². The standard InChI is InChI=1S/C20H37FN2O2/c1-19(2,3)18(24)23-11-7-15(8-12-23)13-22-10-9-17(16(21)14-22)25-20(4,5)6/h15-17H,7-14H2,1-6H3. The molecule has 0 saturated carbocycles. The third-order valence-corrected chi connectivity index (χ3v) is 5.13. The van der Waals surface area contributed by atoms with Crippen LogP contribution in [0.5, 0.6) is 0 Å². The van der Waals surface area contributed by atoms with Crippen LogP contribution in [0, 0.1) is 11.3 Å². The Morgan fingerprint density at radius 1 is 1.04 bits per heavy atom. The molecule has 2 rings (SSSR count). The first kappa shape index (κ1) is 20.6. The van der Waals surface area contributed by atoms with Gasteiger partial charge in [-0.2, -0.15) is 0 Å². The fraction of sp³-hybridized carbons (Fsp3) is 0.950. The van der Waals surface area contributed by atoms with Crippen LogP contribution in [-0.4, -0.2) is 66.3 Å². The summed E-state index contributed by atoms with van der Waals surface area (Å²) < 4.78 is 20.3. The van der Waals surface area contributed by atoms with Crippen molar-refractivity contribution in [3.63, 3.8) is 0 Å². The summed E-state index contributed by atoms with van der Waals surface area (Å²) in [7, 11) is 0. The Balaban J connectivity index is 1.75. The number of carbonyl (C=O) groups is 1.